The molecule has 1 saturated heterocycles. The number of carboxylic acid groups (broad SMARTS) is 1. The molecule has 1 saturated carbocycles. The van der Waals surface area contributed by atoms with Crippen LogP contribution in [0.1, 0.15) is 32.6 Å². The summed E-state index contributed by atoms with van der Waals surface area (Å²) in [6, 6.07) is 0. The predicted octanol–water partition coefficient (Wildman–Crippen LogP) is 0.187. The van der Waals surface area contributed by atoms with Crippen LogP contribution in [0.4, 0.5) is 0 Å². The molecule has 0 bridgehead atoms. The number of carboxylic acids is 1. The molecule has 2 fully saturated rings. The van der Waals surface area contributed by atoms with Crippen LogP contribution in [0.15, 0.2) is 0 Å². The van der Waals surface area contributed by atoms with Gasteiger partial charge in [0, 0.05) is 13.1 Å². The molecule has 0 amide bonds. The van der Waals surface area contributed by atoms with E-state index in [1.807, 2.05) is 0 Å². The molecule has 2 N–H and O–H groups in total. The molecular weight excluding hydrogens is 284 g/mol. The van der Waals surface area contributed by atoms with Crippen molar-refractivity contribution in [3.05, 3.63) is 0 Å². The van der Waals surface area contributed by atoms with Gasteiger partial charge in [-0.05, 0) is 31.6 Å². The van der Waals surface area contributed by atoms with Crippen molar-refractivity contribution in [2.24, 2.45) is 5.92 Å². The first-order chi connectivity index (χ1) is 9.36. The van der Waals surface area contributed by atoms with Gasteiger partial charge in [-0.2, -0.15) is 17.4 Å². The molecule has 0 aromatic carbocycles. The second-order valence-electron chi connectivity index (χ2n) is 5.69. The highest BCUT2D eigenvalue weighted by Crippen LogP contribution is 2.33. The van der Waals surface area contributed by atoms with Gasteiger partial charge in [-0.15, -0.1) is 0 Å². The quantitative estimate of drug-likeness (QED) is 0.773. The minimum atomic E-state index is -3.78. The Morgan fingerprint density at radius 2 is 1.85 bits per heavy atom. The monoisotopic (exact) mass is 306 g/mol. The van der Waals surface area contributed by atoms with Gasteiger partial charge in [0.05, 0.1) is 13.2 Å². The van der Waals surface area contributed by atoms with Gasteiger partial charge in [0.2, 0.25) is 0 Å². The zero-order chi connectivity index (χ0) is 14.8. The maximum absolute atomic E-state index is 12.3. The number of ether oxygens (including phenoxy) is 1. The molecule has 7 nitrogen and oxygen atoms in total. The fraction of sp³-hybridized carbons (Fsp3) is 0.917. The summed E-state index contributed by atoms with van der Waals surface area (Å²) < 4.78 is 33.5. The molecule has 0 spiro atoms. The van der Waals surface area contributed by atoms with Crippen molar-refractivity contribution in [1.82, 2.24) is 9.03 Å². The third-order valence-corrected chi connectivity index (χ3v) is 5.87. The number of morpholine rings is 1. The average Bonchev–Trinajstić information content (AvgIpc) is 2.42. The number of carbonyl (C=O) groups is 1. The van der Waals surface area contributed by atoms with E-state index in [1.54, 1.807) is 0 Å². The van der Waals surface area contributed by atoms with Crippen LogP contribution in [0, 0.1) is 5.92 Å². The summed E-state index contributed by atoms with van der Waals surface area (Å²) in [5.41, 5.74) is -1.36. The second-order valence-corrected chi connectivity index (χ2v) is 7.36. The third kappa shape index (κ3) is 3.30. The Kier molecular flexibility index (Phi) is 4.68. The van der Waals surface area contributed by atoms with E-state index in [0.29, 0.717) is 32.0 Å². The molecule has 1 aliphatic heterocycles. The van der Waals surface area contributed by atoms with Gasteiger partial charge in [0.1, 0.15) is 5.54 Å². The van der Waals surface area contributed by atoms with E-state index in [2.05, 4.69) is 11.6 Å². The van der Waals surface area contributed by atoms with Gasteiger partial charge in [-0.3, -0.25) is 4.79 Å². The molecule has 0 aromatic rings. The van der Waals surface area contributed by atoms with Crippen molar-refractivity contribution < 1.29 is 23.1 Å². The van der Waals surface area contributed by atoms with Crippen LogP contribution in [0.3, 0.4) is 0 Å². The maximum atomic E-state index is 12.3. The van der Waals surface area contributed by atoms with Crippen LogP contribution in [0.25, 0.3) is 0 Å². The average molecular weight is 306 g/mol. The zero-order valence-corrected chi connectivity index (χ0v) is 12.5. The van der Waals surface area contributed by atoms with Gasteiger partial charge < -0.3 is 9.84 Å². The molecule has 1 heterocycles. The van der Waals surface area contributed by atoms with Crippen LogP contribution >= 0.6 is 0 Å². The Hall–Kier alpha value is -0.700. The Balaban J connectivity index is 2.13. The van der Waals surface area contributed by atoms with Crippen molar-refractivity contribution in [2.45, 2.75) is 38.1 Å². The molecular formula is C12H22N2O5S. The number of hydrogen-bond acceptors (Lipinski definition) is 4. The highest BCUT2D eigenvalue weighted by molar-refractivity contribution is 7.87. The Morgan fingerprint density at radius 1 is 1.30 bits per heavy atom. The standard InChI is InChI=1S/C12H22N2O5S/c1-10-2-4-12(5-3-10,11(15)16)13-20(17,18)14-6-8-19-9-7-14/h10,13H,2-9H2,1H3,(H,15,16). The van der Waals surface area contributed by atoms with Crippen LogP contribution in [0.5, 0.6) is 0 Å². The summed E-state index contributed by atoms with van der Waals surface area (Å²) in [5.74, 6) is -0.642. The molecule has 2 aliphatic rings. The van der Waals surface area contributed by atoms with Gasteiger partial charge in [-0.25, -0.2) is 0 Å². The largest absolute Gasteiger partial charge is 0.480 e. The van der Waals surface area contributed by atoms with E-state index in [9.17, 15) is 18.3 Å². The topological polar surface area (TPSA) is 95.9 Å². The van der Waals surface area contributed by atoms with Gasteiger partial charge >= 0.3 is 5.97 Å². The SMILES string of the molecule is CC1CCC(NS(=O)(=O)N2CCOCC2)(C(=O)O)CC1. The number of nitrogens with one attached hydrogen (secondary N) is 1. The highest BCUT2D eigenvalue weighted by Gasteiger charge is 2.45. The van der Waals surface area contributed by atoms with Crippen LogP contribution in [-0.2, 0) is 19.7 Å². The summed E-state index contributed by atoms with van der Waals surface area (Å²) in [7, 11) is -3.78. The van der Waals surface area contributed by atoms with E-state index in [0.717, 1.165) is 12.8 Å². The molecule has 116 valence electrons. The van der Waals surface area contributed by atoms with Gasteiger partial charge in [0.15, 0.2) is 0 Å². The van der Waals surface area contributed by atoms with Crippen molar-refractivity contribution in [2.75, 3.05) is 26.3 Å². The molecule has 0 aromatic heterocycles. The minimum Gasteiger partial charge on any atom is -0.480 e. The lowest BCUT2D eigenvalue weighted by Crippen LogP contribution is -2.60. The third-order valence-electron chi connectivity index (χ3n) is 4.17. The van der Waals surface area contributed by atoms with E-state index in [-0.39, 0.29) is 13.1 Å². The molecule has 20 heavy (non-hydrogen) atoms. The molecule has 0 unspecified atom stereocenters. The summed E-state index contributed by atoms with van der Waals surface area (Å²) in [6.45, 7) is 3.28. The smallest absolute Gasteiger partial charge is 0.324 e. The first-order valence-electron chi connectivity index (χ1n) is 6.96. The first-order valence-corrected chi connectivity index (χ1v) is 8.40. The fourth-order valence-electron chi connectivity index (χ4n) is 2.71. The van der Waals surface area contributed by atoms with Gasteiger partial charge in [0.25, 0.3) is 10.2 Å². The predicted molar refractivity (Wildman–Crippen MR) is 72.4 cm³/mol. The summed E-state index contributed by atoms with van der Waals surface area (Å²) >= 11 is 0. The highest BCUT2D eigenvalue weighted by atomic mass is 32.2. The molecule has 2 rings (SSSR count). The first kappa shape index (κ1) is 15.7. The van der Waals surface area contributed by atoms with Crippen molar-refractivity contribution in [3.8, 4) is 0 Å². The van der Waals surface area contributed by atoms with Crippen molar-refractivity contribution in [1.29, 1.82) is 0 Å². The van der Waals surface area contributed by atoms with E-state index >= 15 is 0 Å². The van der Waals surface area contributed by atoms with Crippen molar-refractivity contribution >= 4 is 16.2 Å². The molecule has 1 aliphatic carbocycles. The number of rotatable bonds is 4. The lowest BCUT2D eigenvalue weighted by molar-refractivity contribution is -0.145. The van der Waals surface area contributed by atoms with E-state index in [4.69, 9.17) is 4.74 Å². The van der Waals surface area contributed by atoms with Crippen LogP contribution in [-0.4, -0.2) is 55.6 Å². The Morgan fingerprint density at radius 3 is 2.35 bits per heavy atom. The molecule has 0 radical (unpaired) electrons. The normalized spacial score (nSPS) is 33.0. The second kappa shape index (κ2) is 5.97. The van der Waals surface area contributed by atoms with Crippen molar-refractivity contribution in [3.63, 3.8) is 0 Å². The molecule has 0 atom stereocenters. The zero-order valence-electron chi connectivity index (χ0n) is 11.7. The van der Waals surface area contributed by atoms with Crippen LogP contribution in [0.2, 0.25) is 0 Å². The van der Waals surface area contributed by atoms with E-state index in [1.165, 1.54) is 4.31 Å². The van der Waals surface area contributed by atoms with Crippen LogP contribution < -0.4 is 4.72 Å². The Labute approximate surface area is 119 Å². The van der Waals surface area contributed by atoms with Gasteiger partial charge in [-0.1, -0.05) is 6.92 Å². The minimum absolute atomic E-state index is 0.265. The number of nitrogens with zero attached hydrogens (tertiary/aromatic N) is 1. The molecule has 8 heteroatoms. The van der Waals surface area contributed by atoms with E-state index < -0.39 is 21.7 Å². The number of aliphatic carboxylic acids is 1. The summed E-state index contributed by atoms with van der Waals surface area (Å²) in [5, 5.41) is 9.47. The number of hydrogen-bond donors (Lipinski definition) is 2. The lowest BCUT2D eigenvalue weighted by atomic mass is 9.78. The summed E-state index contributed by atoms with van der Waals surface area (Å²) in [4.78, 5) is 11.6. The fourth-order valence-corrected chi connectivity index (χ4v) is 4.26. The maximum Gasteiger partial charge on any atom is 0.324 e. The summed E-state index contributed by atoms with van der Waals surface area (Å²) in [6.07, 6.45) is 2.12. The Bertz CT molecular complexity index is 450. The lowest BCUT2D eigenvalue weighted by Gasteiger charge is -2.38.